The Morgan fingerprint density at radius 3 is 2.48 bits per heavy atom. The molecule has 0 bridgehead atoms. The van der Waals surface area contributed by atoms with E-state index in [2.05, 4.69) is 21.2 Å². The first kappa shape index (κ1) is 20.8. The zero-order valence-corrected chi connectivity index (χ0v) is 16.9. The van der Waals surface area contributed by atoms with Gasteiger partial charge in [0.1, 0.15) is 12.3 Å². The second kappa shape index (κ2) is 9.43. The molecule has 0 saturated heterocycles. The van der Waals surface area contributed by atoms with Crippen molar-refractivity contribution in [2.75, 3.05) is 7.11 Å². The maximum Gasteiger partial charge on any atom is 0.352 e. The van der Waals surface area contributed by atoms with Gasteiger partial charge in [-0.3, -0.25) is 4.79 Å². The number of aliphatic carboxylic acids is 1. The molecule has 0 atom stereocenters. The molecule has 2 rings (SSSR count). The van der Waals surface area contributed by atoms with Crippen LogP contribution >= 0.6 is 27.5 Å². The molecular weight excluding hydrogens is 438 g/mol. The van der Waals surface area contributed by atoms with Crippen molar-refractivity contribution in [1.82, 2.24) is 5.32 Å². The largest absolute Gasteiger partial charge is 0.493 e. The van der Waals surface area contributed by atoms with Crippen molar-refractivity contribution in [3.05, 3.63) is 62.7 Å². The summed E-state index contributed by atoms with van der Waals surface area (Å²) in [5, 5.41) is 11.7. The highest BCUT2D eigenvalue weighted by Gasteiger charge is 2.14. The van der Waals surface area contributed by atoms with Gasteiger partial charge in [-0.15, -0.1) is 0 Å². The lowest BCUT2D eigenvalue weighted by Crippen LogP contribution is -2.24. The number of carboxylic acid groups (broad SMARTS) is 1. The van der Waals surface area contributed by atoms with E-state index in [1.807, 2.05) is 24.3 Å². The first-order valence-corrected chi connectivity index (χ1v) is 8.94. The van der Waals surface area contributed by atoms with E-state index in [0.717, 1.165) is 10.0 Å². The van der Waals surface area contributed by atoms with E-state index in [4.69, 9.17) is 21.1 Å². The Bertz CT molecular complexity index is 880. The maximum absolute atomic E-state index is 11.3. The van der Waals surface area contributed by atoms with Crippen LogP contribution in [-0.2, 0) is 16.2 Å². The summed E-state index contributed by atoms with van der Waals surface area (Å²) in [4.78, 5) is 22.4. The lowest BCUT2D eigenvalue weighted by Gasteiger charge is -2.14. The van der Waals surface area contributed by atoms with Crippen molar-refractivity contribution < 1.29 is 24.2 Å². The topological polar surface area (TPSA) is 84.9 Å². The molecule has 0 aliphatic rings. The SMILES string of the molecule is COc1cc(/C=C(/NC(C)=O)C(=O)O)cc(Cl)c1OCc1ccc(Br)cc1. The molecule has 2 aromatic carbocycles. The first-order valence-electron chi connectivity index (χ1n) is 7.77. The molecule has 0 fully saturated rings. The van der Waals surface area contributed by atoms with Gasteiger partial charge in [0.15, 0.2) is 11.5 Å². The molecule has 2 N–H and O–H groups in total. The number of hydrogen-bond donors (Lipinski definition) is 2. The van der Waals surface area contributed by atoms with Crippen LogP contribution in [0, 0.1) is 0 Å². The van der Waals surface area contributed by atoms with E-state index in [9.17, 15) is 14.7 Å². The van der Waals surface area contributed by atoms with Crippen molar-refractivity contribution >= 4 is 45.5 Å². The molecule has 27 heavy (non-hydrogen) atoms. The van der Waals surface area contributed by atoms with Gasteiger partial charge < -0.3 is 19.9 Å². The lowest BCUT2D eigenvalue weighted by molar-refractivity contribution is -0.134. The van der Waals surface area contributed by atoms with Gasteiger partial charge in [0.2, 0.25) is 5.91 Å². The predicted molar refractivity (Wildman–Crippen MR) is 106 cm³/mol. The molecule has 0 aliphatic heterocycles. The maximum atomic E-state index is 11.3. The van der Waals surface area contributed by atoms with E-state index in [1.54, 1.807) is 6.07 Å². The minimum atomic E-state index is -1.27. The van der Waals surface area contributed by atoms with Crippen molar-refractivity contribution in [3.8, 4) is 11.5 Å². The fourth-order valence-corrected chi connectivity index (χ4v) is 2.74. The van der Waals surface area contributed by atoms with Crippen LogP contribution in [0.5, 0.6) is 11.5 Å². The van der Waals surface area contributed by atoms with E-state index in [0.29, 0.717) is 17.1 Å². The fraction of sp³-hybridized carbons (Fsp3) is 0.158. The van der Waals surface area contributed by atoms with Crippen molar-refractivity contribution in [1.29, 1.82) is 0 Å². The number of halogens is 2. The Morgan fingerprint density at radius 2 is 1.93 bits per heavy atom. The Balaban J connectivity index is 2.29. The van der Waals surface area contributed by atoms with E-state index >= 15 is 0 Å². The van der Waals surface area contributed by atoms with Crippen LogP contribution in [0.2, 0.25) is 5.02 Å². The van der Waals surface area contributed by atoms with Crippen molar-refractivity contribution in [3.63, 3.8) is 0 Å². The molecule has 0 heterocycles. The first-order chi connectivity index (χ1) is 12.8. The summed E-state index contributed by atoms with van der Waals surface area (Å²) in [7, 11) is 1.46. The number of benzene rings is 2. The number of methoxy groups -OCH3 is 1. The predicted octanol–water partition coefficient (Wildman–Crippen LogP) is 4.25. The summed E-state index contributed by atoms with van der Waals surface area (Å²) in [6.07, 6.45) is 1.29. The number of rotatable bonds is 7. The van der Waals surface area contributed by atoms with Crippen LogP contribution in [-0.4, -0.2) is 24.1 Å². The van der Waals surface area contributed by atoms with E-state index in [1.165, 1.54) is 26.2 Å². The van der Waals surface area contributed by atoms with Crippen molar-refractivity contribution in [2.24, 2.45) is 0 Å². The summed E-state index contributed by atoms with van der Waals surface area (Å²) in [5.41, 5.74) is 1.11. The van der Waals surface area contributed by atoms with Crippen LogP contribution < -0.4 is 14.8 Å². The zero-order valence-electron chi connectivity index (χ0n) is 14.6. The average molecular weight is 455 g/mol. The number of nitrogens with one attached hydrogen (secondary N) is 1. The highest BCUT2D eigenvalue weighted by Crippen LogP contribution is 2.37. The summed E-state index contributed by atoms with van der Waals surface area (Å²) >= 11 is 9.67. The standard InChI is InChI=1S/C19H17BrClNO5/c1-11(23)22-16(19(24)25)8-13-7-15(21)18(17(9-13)26-2)27-10-12-3-5-14(20)6-4-12/h3-9H,10H2,1-2H3,(H,22,23)(H,24,25)/b16-8+. The second-order valence-electron chi connectivity index (χ2n) is 5.49. The molecule has 6 nitrogen and oxygen atoms in total. The quantitative estimate of drug-likeness (QED) is 0.611. The molecule has 0 saturated carbocycles. The van der Waals surface area contributed by atoms with Gasteiger partial charge in [-0.2, -0.15) is 0 Å². The van der Waals surface area contributed by atoms with Gasteiger partial charge in [-0.25, -0.2) is 4.79 Å². The van der Waals surface area contributed by atoms with Gasteiger partial charge in [0.05, 0.1) is 12.1 Å². The normalized spacial score (nSPS) is 11.0. The van der Waals surface area contributed by atoms with Gasteiger partial charge in [-0.1, -0.05) is 39.7 Å². The Hall–Kier alpha value is -2.51. The number of carbonyl (C=O) groups is 2. The average Bonchev–Trinajstić information content (AvgIpc) is 2.60. The second-order valence-corrected chi connectivity index (χ2v) is 6.82. The number of hydrogen-bond acceptors (Lipinski definition) is 4. The molecule has 142 valence electrons. The number of carboxylic acids is 1. The van der Waals surface area contributed by atoms with E-state index < -0.39 is 11.9 Å². The van der Waals surface area contributed by atoms with Crippen LogP contribution in [0.25, 0.3) is 6.08 Å². The smallest absolute Gasteiger partial charge is 0.352 e. The molecule has 0 aliphatic carbocycles. The summed E-state index contributed by atoms with van der Waals surface area (Å²) in [6, 6.07) is 10.7. The molecule has 0 radical (unpaired) electrons. The van der Waals surface area contributed by atoms with Gasteiger partial charge in [0.25, 0.3) is 0 Å². The molecule has 1 amide bonds. The molecule has 2 aromatic rings. The fourth-order valence-electron chi connectivity index (χ4n) is 2.21. The number of carbonyl (C=O) groups excluding carboxylic acids is 1. The van der Waals surface area contributed by atoms with Gasteiger partial charge in [-0.05, 0) is 41.5 Å². The molecule has 0 spiro atoms. The molecule has 0 aromatic heterocycles. The summed E-state index contributed by atoms with van der Waals surface area (Å²) in [5.74, 6) is -1.07. The van der Waals surface area contributed by atoms with E-state index in [-0.39, 0.29) is 17.3 Å². The van der Waals surface area contributed by atoms with Crippen LogP contribution in [0.3, 0.4) is 0 Å². The number of ether oxygens (including phenoxy) is 2. The van der Waals surface area contributed by atoms with Gasteiger partial charge >= 0.3 is 5.97 Å². The monoisotopic (exact) mass is 453 g/mol. The number of amides is 1. The Labute approximate surface area is 169 Å². The summed E-state index contributed by atoms with van der Waals surface area (Å²) < 4.78 is 12.1. The van der Waals surface area contributed by atoms with Crippen LogP contribution in [0.15, 0.2) is 46.6 Å². The molecule has 0 unspecified atom stereocenters. The third-order valence-corrected chi connectivity index (χ3v) is 4.21. The zero-order chi connectivity index (χ0) is 20.0. The molecule has 8 heteroatoms. The Morgan fingerprint density at radius 1 is 1.26 bits per heavy atom. The third kappa shape index (κ3) is 6.01. The highest BCUT2D eigenvalue weighted by molar-refractivity contribution is 9.10. The van der Waals surface area contributed by atoms with Crippen LogP contribution in [0.1, 0.15) is 18.1 Å². The van der Waals surface area contributed by atoms with Crippen molar-refractivity contribution in [2.45, 2.75) is 13.5 Å². The lowest BCUT2D eigenvalue weighted by atomic mass is 10.1. The van der Waals surface area contributed by atoms with Crippen LogP contribution in [0.4, 0.5) is 0 Å². The minimum absolute atomic E-state index is 0.255. The third-order valence-electron chi connectivity index (χ3n) is 3.40. The molecular formula is C19H17BrClNO5. The van der Waals surface area contributed by atoms with Gasteiger partial charge in [0, 0.05) is 11.4 Å². The summed E-state index contributed by atoms with van der Waals surface area (Å²) in [6.45, 7) is 1.51. The highest BCUT2D eigenvalue weighted by atomic mass is 79.9. The minimum Gasteiger partial charge on any atom is -0.493 e. The Kier molecular flexibility index (Phi) is 7.27.